The Labute approximate surface area is 153 Å². The fourth-order valence-electron chi connectivity index (χ4n) is 2.73. The third-order valence-corrected chi connectivity index (χ3v) is 5.23. The van der Waals surface area contributed by atoms with E-state index in [1.807, 2.05) is 18.2 Å². The van der Waals surface area contributed by atoms with Crippen LogP contribution in [0.5, 0.6) is 0 Å². The van der Waals surface area contributed by atoms with Crippen molar-refractivity contribution < 1.29 is 4.79 Å². The van der Waals surface area contributed by atoms with Gasteiger partial charge in [-0.1, -0.05) is 35.9 Å². The van der Waals surface area contributed by atoms with Gasteiger partial charge in [0.25, 0.3) is 0 Å². The molecule has 0 radical (unpaired) electrons. The standard InChI is InChI=1S/C19H14ClN3OS/c20-17-8-6-14(25-17)9-11-1-3-12(4-2-11)19-22-15-7-5-13(18(21)24)10-16(15)23-19/h1-8,10H,9H2,(H2,21,24)(H,22,23). The number of amides is 1. The van der Waals surface area contributed by atoms with Crippen molar-refractivity contribution in [1.82, 2.24) is 9.97 Å². The van der Waals surface area contributed by atoms with Crippen molar-refractivity contribution in [3.8, 4) is 11.4 Å². The number of nitrogens with zero attached hydrogens (tertiary/aromatic N) is 1. The van der Waals surface area contributed by atoms with E-state index in [9.17, 15) is 4.79 Å². The largest absolute Gasteiger partial charge is 0.366 e. The van der Waals surface area contributed by atoms with Gasteiger partial charge in [0.15, 0.2) is 0 Å². The molecule has 0 saturated heterocycles. The summed E-state index contributed by atoms with van der Waals surface area (Å²) in [6, 6.07) is 17.4. The Bertz CT molecular complexity index is 1070. The second-order valence-corrected chi connectivity index (χ2v) is 7.56. The number of aromatic nitrogens is 2. The first-order chi connectivity index (χ1) is 12.1. The summed E-state index contributed by atoms with van der Waals surface area (Å²) < 4.78 is 0.809. The number of carbonyl (C=O) groups excluding carboxylic acids is 1. The van der Waals surface area contributed by atoms with Gasteiger partial charge in [0.1, 0.15) is 5.82 Å². The van der Waals surface area contributed by atoms with Gasteiger partial charge in [0.2, 0.25) is 5.91 Å². The number of hydrogen-bond donors (Lipinski definition) is 2. The topological polar surface area (TPSA) is 71.8 Å². The van der Waals surface area contributed by atoms with Gasteiger partial charge in [-0.15, -0.1) is 11.3 Å². The number of primary amides is 1. The maximum absolute atomic E-state index is 11.3. The van der Waals surface area contributed by atoms with Crippen LogP contribution in [0, 0.1) is 0 Å². The minimum absolute atomic E-state index is 0.448. The second-order valence-electron chi connectivity index (χ2n) is 5.76. The van der Waals surface area contributed by atoms with Gasteiger partial charge in [-0.05, 0) is 35.9 Å². The minimum Gasteiger partial charge on any atom is -0.366 e. The van der Waals surface area contributed by atoms with E-state index in [-0.39, 0.29) is 0 Å². The first-order valence-corrected chi connectivity index (χ1v) is 8.91. The van der Waals surface area contributed by atoms with Crippen LogP contribution in [0.2, 0.25) is 4.34 Å². The van der Waals surface area contributed by atoms with E-state index in [4.69, 9.17) is 17.3 Å². The zero-order chi connectivity index (χ0) is 17.4. The van der Waals surface area contributed by atoms with Gasteiger partial charge in [-0.2, -0.15) is 0 Å². The molecule has 3 N–H and O–H groups in total. The highest BCUT2D eigenvalue weighted by Crippen LogP contribution is 2.25. The fraction of sp³-hybridized carbons (Fsp3) is 0.0526. The molecule has 4 rings (SSSR count). The normalized spacial score (nSPS) is 11.1. The van der Waals surface area contributed by atoms with Crippen LogP contribution >= 0.6 is 22.9 Å². The molecule has 0 aliphatic carbocycles. The molecular weight excluding hydrogens is 354 g/mol. The SMILES string of the molecule is NC(=O)c1ccc2nc(-c3ccc(Cc4ccc(Cl)s4)cc3)[nH]c2c1. The Hall–Kier alpha value is -2.63. The van der Waals surface area contributed by atoms with Gasteiger partial charge in [-0.3, -0.25) is 4.79 Å². The molecule has 6 heteroatoms. The van der Waals surface area contributed by atoms with E-state index in [1.54, 1.807) is 29.5 Å². The molecule has 4 aromatic rings. The molecule has 124 valence electrons. The average Bonchev–Trinajstić information content (AvgIpc) is 3.20. The van der Waals surface area contributed by atoms with E-state index < -0.39 is 5.91 Å². The molecule has 0 atom stereocenters. The number of halogens is 1. The average molecular weight is 368 g/mol. The molecule has 0 saturated carbocycles. The quantitative estimate of drug-likeness (QED) is 0.551. The van der Waals surface area contributed by atoms with Crippen molar-refractivity contribution in [3.05, 3.63) is 74.9 Å². The molecular formula is C19H14ClN3OS. The summed E-state index contributed by atoms with van der Waals surface area (Å²) in [7, 11) is 0. The Morgan fingerprint density at radius 1 is 1.12 bits per heavy atom. The van der Waals surface area contributed by atoms with Crippen molar-refractivity contribution >= 4 is 39.9 Å². The van der Waals surface area contributed by atoms with Crippen LogP contribution in [0.1, 0.15) is 20.8 Å². The number of imidazole rings is 1. The summed E-state index contributed by atoms with van der Waals surface area (Å²) in [4.78, 5) is 20.4. The molecule has 0 fully saturated rings. The van der Waals surface area contributed by atoms with Crippen LogP contribution in [-0.4, -0.2) is 15.9 Å². The molecule has 0 spiro atoms. The predicted octanol–water partition coefficient (Wildman–Crippen LogP) is 4.63. The summed E-state index contributed by atoms with van der Waals surface area (Å²) in [5, 5.41) is 0. The van der Waals surface area contributed by atoms with Crippen LogP contribution < -0.4 is 5.73 Å². The Morgan fingerprint density at radius 2 is 1.92 bits per heavy atom. The summed E-state index contributed by atoms with van der Waals surface area (Å²) in [5.41, 5.74) is 9.59. The lowest BCUT2D eigenvalue weighted by Crippen LogP contribution is -2.10. The number of benzene rings is 2. The van der Waals surface area contributed by atoms with Gasteiger partial charge < -0.3 is 10.7 Å². The monoisotopic (exact) mass is 367 g/mol. The number of thiophene rings is 1. The van der Waals surface area contributed by atoms with E-state index in [2.05, 4.69) is 28.2 Å². The number of nitrogens with one attached hydrogen (secondary N) is 1. The van der Waals surface area contributed by atoms with Gasteiger partial charge in [0, 0.05) is 22.4 Å². The number of hydrogen-bond acceptors (Lipinski definition) is 3. The molecule has 0 bridgehead atoms. The summed E-state index contributed by atoms with van der Waals surface area (Å²) in [6.07, 6.45) is 0.861. The summed E-state index contributed by atoms with van der Waals surface area (Å²) >= 11 is 7.58. The lowest BCUT2D eigenvalue weighted by atomic mass is 10.1. The smallest absolute Gasteiger partial charge is 0.248 e. The van der Waals surface area contributed by atoms with Crippen molar-refractivity contribution in [1.29, 1.82) is 0 Å². The highest BCUT2D eigenvalue weighted by molar-refractivity contribution is 7.16. The summed E-state index contributed by atoms with van der Waals surface area (Å²) in [6.45, 7) is 0. The molecule has 0 aliphatic rings. The van der Waals surface area contributed by atoms with Gasteiger partial charge in [0.05, 0.1) is 15.4 Å². The van der Waals surface area contributed by atoms with Crippen LogP contribution in [0.3, 0.4) is 0 Å². The van der Waals surface area contributed by atoms with Crippen LogP contribution in [0.15, 0.2) is 54.6 Å². The first-order valence-electron chi connectivity index (χ1n) is 7.71. The number of carbonyl (C=O) groups is 1. The predicted molar refractivity (Wildman–Crippen MR) is 102 cm³/mol. The number of H-pyrrole nitrogens is 1. The van der Waals surface area contributed by atoms with Crippen molar-refractivity contribution in [2.24, 2.45) is 5.73 Å². The maximum Gasteiger partial charge on any atom is 0.248 e. The Balaban J connectivity index is 1.61. The van der Waals surface area contributed by atoms with Gasteiger partial charge in [-0.25, -0.2) is 4.98 Å². The zero-order valence-electron chi connectivity index (χ0n) is 13.1. The van der Waals surface area contributed by atoms with Crippen molar-refractivity contribution in [2.75, 3.05) is 0 Å². The minimum atomic E-state index is -0.448. The fourth-order valence-corrected chi connectivity index (χ4v) is 3.85. The third-order valence-electron chi connectivity index (χ3n) is 4.00. The number of fused-ring (bicyclic) bond motifs is 1. The van der Waals surface area contributed by atoms with Crippen molar-refractivity contribution in [2.45, 2.75) is 6.42 Å². The maximum atomic E-state index is 11.3. The van der Waals surface area contributed by atoms with E-state index in [0.717, 1.165) is 33.2 Å². The molecule has 1 amide bonds. The molecule has 2 aromatic heterocycles. The van der Waals surface area contributed by atoms with Gasteiger partial charge >= 0.3 is 0 Å². The molecule has 0 aliphatic heterocycles. The van der Waals surface area contributed by atoms with Crippen LogP contribution in [0.4, 0.5) is 0 Å². The number of rotatable bonds is 4. The Morgan fingerprint density at radius 3 is 2.60 bits per heavy atom. The lowest BCUT2D eigenvalue weighted by Gasteiger charge is -2.01. The van der Waals surface area contributed by atoms with Crippen LogP contribution in [-0.2, 0) is 6.42 Å². The zero-order valence-corrected chi connectivity index (χ0v) is 14.7. The molecule has 2 aromatic carbocycles. The summed E-state index contributed by atoms with van der Waals surface area (Å²) in [5.74, 6) is 0.318. The van der Waals surface area contributed by atoms with Crippen LogP contribution in [0.25, 0.3) is 22.4 Å². The number of aromatic amines is 1. The number of nitrogens with two attached hydrogens (primary N) is 1. The first kappa shape index (κ1) is 15.9. The van der Waals surface area contributed by atoms with E-state index >= 15 is 0 Å². The van der Waals surface area contributed by atoms with Crippen molar-refractivity contribution in [3.63, 3.8) is 0 Å². The van der Waals surface area contributed by atoms with E-state index in [1.165, 1.54) is 10.4 Å². The Kier molecular flexibility index (Phi) is 4.03. The molecule has 25 heavy (non-hydrogen) atoms. The molecule has 2 heterocycles. The second kappa shape index (κ2) is 6.35. The lowest BCUT2D eigenvalue weighted by molar-refractivity contribution is 0.100. The molecule has 0 unspecified atom stereocenters. The molecule has 4 nitrogen and oxygen atoms in total. The highest BCUT2D eigenvalue weighted by Gasteiger charge is 2.08. The highest BCUT2D eigenvalue weighted by atomic mass is 35.5. The van der Waals surface area contributed by atoms with E-state index in [0.29, 0.717) is 5.56 Å². The third kappa shape index (κ3) is 3.29.